The Morgan fingerprint density at radius 2 is 1.81 bits per heavy atom. The Hall–Kier alpha value is -3.45. The standard InChI is InChI=1S/C24H24N4O3/c29-21(25-14-19(27-12-6-7-13-27)17-8-2-1-3-9-17)15-28-16-26-22-18-10-4-5-11-20(18)31-23(22)24(28)30/h1-5,8-11,16,19H,6-7,12-15H2,(H,25,29). The molecule has 1 N–H and O–H groups in total. The predicted octanol–water partition coefficient (Wildman–Crippen LogP) is 3.10. The van der Waals surface area contributed by atoms with E-state index in [1.165, 1.54) is 29.3 Å². The van der Waals surface area contributed by atoms with E-state index in [2.05, 4.69) is 27.3 Å². The van der Waals surface area contributed by atoms with Gasteiger partial charge in [-0.3, -0.25) is 19.1 Å². The van der Waals surface area contributed by atoms with Gasteiger partial charge in [-0.05, 0) is 43.6 Å². The minimum Gasteiger partial charge on any atom is -0.448 e. The van der Waals surface area contributed by atoms with Crippen molar-refractivity contribution in [2.75, 3.05) is 19.6 Å². The topological polar surface area (TPSA) is 80.4 Å². The number of hydrogen-bond acceptors (Lipinski definition) is 5. The fraction of sp³-hybridized carbons (Fsp3) is 0.292. The first-order valence-electron chi connectivity index (χ1n) is 10.6. The minimum atomic E-state index is -0.351. The lowest BCUT2D eigenvalue weighted by Gasteiger charge is -2.28. The summed E-state index contributed by atoms with van der Waals surface area (Å²) in [7, 11) is 0. The fourth-order valence-electron chi connectivity index (χ4n) is 4.34. The monoisotopic (exact) mass is 416 g/mol. The zero-order valence-electron chi connectivity index (χ0n) is 17.2. The zero-order chi connectivity index (χ0) is 21.2. The van der Waals surface area contributed by atoms with Gasteiger partial charge >= 0.3 is 0 Å². The molecule has 7 nitrogen and oxygen atoms in total. The summed E-state index contributed by atoms with van der Waals surface area (Å²) >= 11 is 0. The molecule has 1 saturated heterocycles. The summed E-state index contributed by atoms with van der Waals surface area (Å²) in [6.45, 7) is 2.46. The lowest BCUT2D eigenvalue weighted by molar-refractivity contribution is -0.122. The molecule has 7 heteroatoms. The molecule has 0 bridgehead atoms. The van der Waals surface area contributed by atoms with E-state index in [-0.39, 0.29) is 29.6 Å². The van der Waals surface area contributed by atoms with Crippen molar-refractivity contribution < 1.29 is 9.21 Å². The summed E-state index contributed by atoms with van der Waals surface area (Å²) in [6.07, 6.45) is 3.77. The van der Waals surface area contributed by atoms with Gasteiger partial charge in [0.25, 0.3) is 5.56 Å². The average Bonchev–Trinajstić information content (AvgIpc) is 3.45. The van der Waals surface area contributed by atoms with Gasteiger partial charge in [-0.2, -0.15) is 0 Å². The Balaban J connectivity index is 1.32. The van der Waals surface area contributed by atoms with Crippen LogP contribution in [0.25, 0.3) is 22.1 Å². The number of amides is 1. The number of para-hydroxylation sites is 1. The molecule has 2 aromatic carbocycles. The van der Waals surface area contributed by atoms with E-state index in [1.54, 1.807) is 6.07 Å². The normalized spacial score (nSPS) is 15.5. The van der Waals surface area contributed by atoms with E-state index in [1.807, 2.05) is 36.4 Å². The molecule has 0 saturated carbocycles. The zero-order valence-corrected chi connectivity index (χ0v) is 17.2. The highest BCUT2D eigenvalue weighted by molar-refractivity contribution is 6.01. The van der Waals surface area contributed by atoms with Crippen LogP contribution in [0.1, 0.15) is 24.4 Å². The van der Waals surface area contributed by atoms with Gasteiger partial charge in [0, 0.05) is 11.9 Å². The van der Waals surface area contributed by atoms with Crippen molar-refractivity contribution in [3.05, 3.63) is 76.8 Å². The molecule has 3 heterocycles. The average molecular weight is 416 g/mol. The van der Waals surface area contributed by atoms with Gasteiger partial charge in [-0.1, -0.05) is 42.5 Å². The Morgan fingerprint density at radius 1 is 1.06 bits per heavy atom. The first kappa shape index (κ1) is 19.5. The number of hydrogen-bond donors (Lipinski definition) is 1. The van der Waals surface area contributed by atoms with Crippen LogP contribution < -0.4 is 10.9 Å². The van der Waals surface area contributed by atoms with E-state index in [9.17, 15) is 9.59 Å². The van der Waals surface area contributed by atoms with Crippen molar-refractivity contribution in [2.45, 2.75) is 25.4 Å². The van der Waals surface area contributed by atoms with Gasteiger partial charge < -0.3 is 9.73 Å². The highest BCUT2D eigenvalue weighted by Gasteiger charge is 2.24. The van der Waals surface area contributed by atoms with Crippen LogP contribution >= 0.6 is 0 Å². The number of aromatic nitrogens is 2. The minimum absolute atomic E-state index is 0.0969. The van der Waals surface area contributed by atoms with Crippen molar-refractivity contribution in [1.82, 2.24) is 19.8 Å². The molecule has 1 fully saturated rings. The summed E-state index contributed by atoms with van der Waals surface area (Å²) in [5.74, 6) is -0.223. The van der Waals surface area contributed by atoms with Crippen LogP contribution in [-0.2, 0) is 11.3 Å². The van der Waals surface area contributed by atoms with E-state index < -0.39 is 0 Å². The van der Waals surface area contributed by atoms with Gasteiger partial charge in [0.1, 0.15) is 17.6 Å². The Morgan fingerprint density at radius 3 is 2.61 bits per heavy atom. The molecule has 158 valence electrons. The van der Waals surface area contributed by atoms with Crippen LogP contribution in [0.5, 0.6) is 0 Å². The second-order valence-corrected chi connectivity index (χ2v) is 7.93. The van der Waals surface area contributed by atoms with Gasteiger partial charge in [0.15, 0.2) is 0 Å². The lowest BCUT2D eigenvalue weighted by Crippen LogP contribution is -2.39. The molecule has 0 spiro atoms. The first-order chi connectivity index (χ1) is 15.2. The summed E-state index contributed by atoms with van der Waals surface area (Å²) < 4.78 is 6.99. The number of fused-ring (bicyclic) bond motifs is 3. The third-order valence-electron chi connectivity index (χ3n) is 5.92. The molecule has 31 heavy (non-hydrogen) atoms. The van der Waals surface area contributed by atoms with Crippen LogP contribution in [0.2, 0.25) is 0 Å². The molecule has 4 aromatic rings. The van der Waals surface area contributed by atoms with E-state index in [0.717, 1.165) is 18.5 Å². The van der Waals surface area contributed by atoms with Crippen molar-refractivity contribution in [3.63, 3.8) is 0 Å². The molecule has 1 unspecified atom stereocenters. The highest BCUT2D eigenvalue weighted by atomic mass is 16.3. The van der Waals surface area contributed by atoms with Gasteiger partial charge in [0.05, 0.1) is 12.4 Å². The fourth-order valence-corrected chi connectivity index (χ4v) is 4.34. The predicted molar refractivity (Wildman–Crippen MR) is 119 cm³/mol. The number of nitrogens with one attached hydrogen (secondary N) is 1. The van der Waals surface area contributed by atoms with E-state index in [0.29, 0.717) is 17.6 Å². The Bertz CT molecular complexity index is 1270. The molecular formula is C24H24N4O3. The van der Waals surface area contributed by atoms with Gasteiger partial charge in [0.2, 0.25) is 11.5 Å². The Labute approximate surface area is 179 Å². The van der Waals surface area contributed by atoms with Gasteiger partial charge in [-0.25, -0.2) is 4.98 Å². The number of furan rings is 1. The summed E-state index contributed by atoms with van der Waals surface area (Å²) in [5.41, 5.74) is 2.15. The SMILES string of the molecule is O=C(Cn1cnc2c(oc3ccccc32)c1=O)NCC(c1ccccc1)N1CCCC1. The van der Waals surface area contributed by atoms with Crippen LogP contribution in [0.3, 0.4) is 0 Å². The maximum Gasteiger partial charge on any atom is 0.297 e. The molecular weight excluding hydrogens is 392 g/mol. The van der Waals surface area contributed by atoms with Crippen molar-refractivity contribution >= 4 is 28.0 Å². The number of carbonyl (C=O) groups excluding carboxylic acids is 1. The number of benzene rings is 2. The number of likely N-dealkylation sites (tertiary alicyclic amines) is 1. The molecule has 5 rings (SSSR count). The van der Waals surface area contributed by atoms with E-state index >= 15 is 0 Å². The third-order valence-corrected chi connectivity index (χ3v) is 5.92. The molecule has 1 aliphatic rings. The van der Waals surface area contributed by atoms with Crippen molar-refractivity contribution in [3.8, 4) is 0 Å². The number of carbonyl (C=O) groups is 1. The highest BCUT2D eigenvalue weighted by Crippen LogP contribution is 2.25. The largest absolute Gasteiger partial charge is 0.448 e. The summed E-state index contributed by atoms with van der Waals surface area (Å²) in [6, 6.07) is 17.8. The quantitative estimate of drug-likeness (QED) is 0.522. The van der Waals surface area contributed by atoms with E-state index in [4.69, 9.17) is 4.42 Å². The van der Waals surface area contributed by atoms with Crippen molar-refractivity contribution in [2.24, 2.45) is 0 Å². The summed E-state index contributed by atoms with van der Waals surface area (Å²) in [4.78, 5) is 32.3. The molecule has 2 aromatic heterocycles. The smallest absolute Gasteiger partial charge is 0.297 e. The van der Waals surface area contributed by atoms with Crippen LogP contribution in [0.15, 0.2) is 70.1 Å². The van der Waals surface area contributed by atoms with Crippen molar-refractivity contribution in [1.29, 1.82) is 0 Å². The lowest BCUT2D eigenvalue weighted by atomic mass is 10.1. The second kappa shape index (κ2) is 8.35. The number of rotatable bonds is 6. The third kappa shape index (κ3) is 3.84. The Kier molecular flexibility index (Phi) is 5.26. The number of nitrogens with zero attached hydrogens (tertiary/aromatic N) is 3. The second-order valence-electron chi connectivity index (χ2n) is 7.93. The molecule has 0 radical (unpaired) electrons. The molecule has 1 atom stereocenters. The maximum absolute atomic E-state index is 12.8. The summed E-state index contributed by atoms with van der Waals surface area (Å²) in [5, 5.41) is 3.80. The van der Waals surface area contributed by atoms with Crippen LogP contribution in [0, 0.1) is 0 Å². The molecule has 1 aliphatic heterocycles. The van der Waals surface area contributed by atoms with Gasteiger partial charge in [-0.15, -0.1) is 0 Å². The molecule has 1 amide bonds. The maximum atomic E-state index is 12.8. The van der Waals surface area contributed by atoms with Crippen LogP contribution in [-0.4, -0.2) is 40.0 Å². The molecule has 0 aliphatic carbocycles. The first-order valence-corrected chi connectivity index (χ1v) is 10.6. The van der Waals surface area contributed by atoms with Crippen LogP contribution in [0.4, 0.5) is 0 Å².